The molecular weight excluding hydrogens is 492 g/mol. The normalized spacial score (nSPS) is 11.1. The Kier molecular flexibility index (Phi) is 9.27. The predicted molar refractivity (Wildman–Crippen MR) is 139 cm³/mol. The van der Waals surface area contributed by atoms with Gasteiger partial charge in [-0.05, 0) is 67.6 Å². The Bertz CT molecular complexity index is 1200. The number of thioether (sulfide) groups is 1. The maximum absolute atomic E-state index is 13.4. The summed E-state index contributed by atoms with van der Waals surface area (Å²) in [6.45, 7) is 1.98. The first kappa shape index (κ1) is 25.9. The first-order chi connectivity index (χ1) is 16.3. The van der Waals surface area contributed by atoms with Gasteiger partial charge in [0.05, 0.1) is 17.7 Å². The molecule has 0 unspecified atom stereocenters. The van der Waals surface area contributed by atoms with E-state index in [2.05, 4.69) is 5.32 Å². The van der Waals surface area contributed by atoms with Gasteiger partial charge < -0.3 is 10.1 Å². The monoisotopic (exact) mass is 518 g/mol. The molecule has 3 aromatic rings. The Hall–Kier alpha value is -2.68. The first-order valence-corrected chi connectivity index (χ1v) is 13.5. The maximum Gasteiger partial charge on any atom is 0.264 e. The van der Waals surface area contributed by atoms with Gasteiger partial charge in [0.2, 0.25) is 5.91 Å². The van der Waals surface area contributed by atoms with Gasteiger partial charge in [0.1, 0.15) is 12.3 Å². The Morgan fingerprint density at radius 1 is 1.06 bits per heavy atom. The number of carbonyl (C=O) groups excluding carboxylic acids is 1. The maximum atomic E-state index is 13.4. The summed E-state index contributed by atoms with van der Waals surface area (Å²) in [5.41, 5.74) is 1.30. The fourth-order valence-electron chi connectivity index (χ4n) is 3.13. The van der Waals surface area contributed by atoms with Crippen molar-refractivity contribution in [2.75, 3.05) is 30.3 Å². The van der Waals surface area contributed by atoms with Gasteiger partial charge in [-0.1, -0.05) is 35.4 Å². The second-order valence-electron chi connectivity index (χ2n) is 7.53. The second-order valence-corrected chi connectivity index (χ2v) is 11.0. The van der Waals surface area contributed by atoms with Crippen molar-refractivity contribution in [2.24, 2.45) is 0 Å². The summed E-state index contributed by atoms with van der Waals surface area (Å²) >= 11 is 7.57. The van der Waals surface area contributed by atoms with Gasteiger partial charge >= 0.3 is 0 Å². The van der Waals surface area contributed by atoms with Gasteiger partial charge in [-0.15, -0.1) is 11.8 Å². The van der Waals surface area contributed by atoms with Crippen LogP contribution in [0.25, 0.3) is 0 Å². The number of halogens is 1. The number of hydrogen-bond acceptors (Lipinski definition) is 5. The fraction of sp³-hybridized carbons (Fsp3) is 0.240. The quantitative estimate of drug-likeness (QED) is 0.280. The Balaban J connectivity index is 1.66. The molecule has 0 saturated heterocycles. The number of sulfonamides is 1. The van der Waals surface area contributed by atoms with Crippen LogP contribution in [0.15, 0.2) is 82.6 Å². The van der Waals surface area contributed by atoms with Crippen LogP contribution in [0.2, 0.25) is 5.02 Å². The summed E-state index contributed by atoms with van der Waals surface area (Å²) in [7, 11) is -2.46. The van der Waals surface area contributed by atoms with Gasteiger partial charge in [-0.3, -0.25) is 9.10 Å². The first-order valence-electron chi connectivity index (χ1n) is 10.7. The highest BCUT2D eigenvalue weighted by molar-refractivity contribution is 7.99. The SMILES string of the molecule is COc1cccc(N(CC(=O)NCCCSc2ccc(Cl)cc2)S(=O)(=O)c2ccc(C)cc2)c1. The number of carbonyl (C=O) groups is 1. The van der Waals surface area contributed by atoms with Crippen molar-refractivity contribution in [3.05, 3.63) is 83.4 Å². The number of nitrogens with one attached hydrogen (secondary N) is 1. The molecule has 1 N–H and O–H groups in total. The van der Waals surface area contributed by atoms with Crippen LogP contribution in [0.4, 0.5) is 5.69 Å². The van der Waals surface area contributed by atoms with Crippen LogP contribution >= 0.6 is 23.4 Å². The summed E-state index contributed by atoms with van der Waals surface area (Å²) in [4.78, 5) is 13.9. The van der Waals surface area contributed by atoms with Crippen molar-refractivity contribution in [1.82, 2.24) is 5.32 Å². The van der Waals surface area contributed by atoms with E-state index in [1.54, 1.807) is 60.3 Å². The summed E-state index contributed by atoms with van der Waals surface area (Å²) < 4.78 is 33.2. The lowest BCUT2D eigenvalue weighted by Gasteiger charge is -2.24. The summed E-state index contributed by atoms with van der Waals surface area (Å²) in [5, 5.41) is 3.52. The highest BCUT2D eigenvalue weighted by Gasteiger charge is 2.27. The molecule has 0 heterocycles. The summed E-state index contributed by atoms with van der Waals surface area (Å²) in [6.07, 6.45) is 0.739. The highest BCUT2D eigenvalue weighted by atomic mass is 35.5. The number of rotatable bonds is 11. The minimum absolute atomic E-state index is 0.119. The molecule has 0 radical (unpaired) electrons. The molecule has 0 aromatic heterocycles. The molecule has 0 atom stereocenters. The Morgan fingerprint density at radius 3 is 2.44 bits per heavy atom. The summed E-state index contributed by atoms with van der Waals surface area (Å²) in [6, 6.07) is 20.8. The minimum atomic E-state index is -3.96. The van der Waals surface area contributed by atoms with E-state index in [0.29, 0.717) is 23.0 Å². The molecule has 3 aromatic carbocycles. The molecule has 0 saturated carbocycles. The van der Waals surface area contributed by atoms with Crippen LogP contribution < -0.4 is 14.4 Å². The van der Waals surface area contributed by atoms with Gasteiger partial charge in [0.25, 0.3) is 10.0 Å². The van der Waals surface area contributed by atoms with Crippen LogP contribution in [0.3, 0.4) is 0 Å². The largest absolute Gasteiger partial charge is 0.497 e. The zero-order valence-electron chi connectivity index (χ0n) is 19.0. The molecule has 0 spiro atoms. The molecule has 0 bridgehead atoms. The number of aryl methyl sites for hydroxylation is 1. The number of hydrogen-bond donors (Lipinski definition) is 1. The van der Waals surface area contributed by atoms with E-state index < -0.39 is 10.0 Å². The van der Waals surface area contributed by atoms with E-state index in [9.17, 15) is 13.2 Å². The number of benzene rings is 3. The Labute approximate surface area is 210 Å². The number of ether oxygens (including phenoxy) is 1. The van der Waals surface area contributed by atoms with Crippen LogP contribution in [0.5, 0.6) is 5.75 Å². The van der Waals surface area contributed by atoms with Crippen molar-refractivity contribution in [3.63, 3.8) is 0 Å². The van der Waals surface area contributed by atoms with E-state index in [0.717, 1.165) is 26.9 Å². The molecule has 0 aliphatic carbocycles. The molecule has 0 aliphatic rings. The van der Waals surface area contributed by atoms with Crippen molar-refractivity contribution in [1.29, 1.82) is 0 Å². The van der Waals surface area contributed by atoms with Crippen molar-refractivity contribution in [3.8, 4) is 5.75 Å². The summed E-state index contributed by atoms with van der Waals surface area (Å²) in [5.74, 6) is 0.930. The predicted octanol–water partition coefficient (Wildman–Crippen LogP) is 5.15. The van der Waals surface area contributed by atoms with Gasteiger partial charge in [-0.25, -0.2) is 8.42 Å². The van der Waals surface area contributed by atoms with Crippen LogP contribution in [-0.4, -0.2) is 40.3 Å². The molecule has 6 nitrogen and oxygen atoms in total. The lowest BCUT2D eigenvalue weighted by molar-refractivity contribution is -0.119. The lowest BCUT2D eigenvalue weighted by atomic mass is 10.2. The zero-order valence-corrected chi connectivity index (χ0v) is 21.4. The van der Waals surface area contributed by atoms with Gasteiger partial charge in [0.15, 0.2) is 0 Å². The number of nitrogens with zero attached hydrogens (tertiary/aromatic N) is 1. The average molecular weight is 519 g/mol. The van der Waals surface area contributed by atoms with Crippen LogP contribution in [0.1, 0.15) is 12.0 Å². The minimum Gasteiger partial charge on any atom is -0.497 e. The zero-order chi connectivity index (χ0) is 24.6. The Morgan fingerprint density at radius 2 is 1.76 bits per heavy atom. The third-order valence-electron chi connectivity index (χ3n) is 4.96. The number of anilines is 1. The van der Waals surface area contributed by atoms with Crippen molar-refractivity contribution < 1.29 is 17.9 Å². The van der Waals surface area contributed by atoms with Crippen molar-refractivity contribution >= 4 is 45.0 Å². The van der Waals surface area contributed by atoms with E-state index in [4.69, 9.17) is 16.3 Å². The van der Waals surface area contributed by atoms with Crippen LogP contribution in [-0.2, 0) is 14.8 Å². The molecule has 0 fully saturated rings. The highest BCUT2D eigenvalue weighted by Crippen LogP contribution is 2.27. The second kappa shape index (κ2) is 12.1. The smallest absolute Gasteiger partial charge is 0.264 e. The molecule has 3 rings (SSSR count). The molecule has 1 amide bonds. The molecular formula is C25H27ClN2O4S2. The third kappa shape index (κ3) is 7.16. The standard InChI is InChI=1S/C25H27ClN2O4S2/c1-19-7-13-24(14-8-19)34(30,31)28(21-5-3-6-22(17-21)32-2)18-25(29)27-15-4-16-33-23-11-9-20(26)10-12-23/h3,5-14,17H,4,15-16,18H2,1-2H3,(H,27,29). The third-order valence-corrected chi connectivity index (χ3v) is 8.10. The van der Waals surface area contributed by atoms with E-state index in [1.807, 2.05) is 31.2 Å². The lowest BCUT2D eigenvalue weighted by Crippen LogP contribution is -2.41. The molecule has 9 heteroatoms. The van der Waals surface area contributed by atoms with E-state index >= 15 is 0 Å². The number of methoxy groups -OCH3 is 1. The topological polar surface area (TPSA) is 75.7 Å². The molecule has 34 heavy (non-hydrogen) atoms. The average Bonchev–Trinajstić information content (AvgIpc) is 2.83. The van der Waals surface area contributed by atoms with Crippen LogP contribution in [0, 0.1) is 6.92 Å². The molecule has 0 aliphatic heterocycles. The van der Waals surface area contributed by atoms with Gasteiger partial charge in [-0.2, -0.15) is 0 Å². The van der Waals surface area contributed by atoms with E-state index in [1.165, 1.54) is 7.11 Å². The van der Waals surface area contributed by atoms with Gasteiger partial charge in [0, 0.05) is 22.5 Å². The number of amides is 1. The molecule has 180 valence electrons. The fourth-order valence-corrected chi connectivity index (χ4v) is 5.52. The van der Waals surface area contributed by atoms with Crippen molar-refractivity contribution in [2.45, 2.75) is 23.1 Å². The van der Waals surface area contributed by atoms with E-state index in [-0.39, 0.29) is 17.3 Å².